The molecule has 1 aromatic carbocycles. The Balaban J connectivity index is 1.80. The highest BCUT2D eigenvalue weighted by atomic mass is 16.2. The average molecular weight is 346 g/mol. The van der Waals surface area contributed by atoms with Crippen molar-refractivity contribution in [3.8, 4) is 0 Å². The molecule has 0 aliphatic carbocycles. The molecule has 0 spiro atoms. The second-order valence-electron chi connectivity index (χ2n) is 6.62. The van der Waals surface area contributed by atoms with E-state index in [0.717, 1.165) is 44.7 Å². The van der Waals surface area contributed by atoms with Crippen LogP contribution in [-0.2, 0) is 9.59 Å². The molecular weight excluding hydrogens is 316 g/mol. The van der Waals surface area contributed by atoms with Crippen molar-refractivity contribution in [2.75, 3.05) is 50.0 Å². The van der Waals surface area contributed by atoms with Gasteiger partial charge in [0.25, 0.3) is 0 Å². The predicted octanol–water partition coefficient (Wildman–Crippen LogP) is 1.93. The lowest BCUT2D eigenvalue weighted by atomic mass is 10.0. The molecule has 1 fully saturated rings. The van der Waals surface area contributed by atoms with Gasteiger partial charge in [0, 0.05) is 43.5 Å². The topological polar surface area (TPSA) is 64.7 Å². The molecule has 0 unspecified atom stereocenters. The summed E-state index contributed by atoms with van der Waals surface area (Å²) in [5, 5.41) is 5.54. The molecule has 6 nitrogen and oxygen atoms in total. The first-order valence-corrected chi connectivity index (χ1v) is 9.14. The number of piperazine rings is 1. The molecule has 1 heterocycles. The van der Waals surface area contributed by atoms with Crippen LogP contribution in [0.25, 0.3) is 0 Å². The Labute approximate surface area is 150 Å². The van der Waals surface area contributed by atoms with E-state index in [1.165, 1.54) is 5.69 Å². The number of nitrogens with zero attached hydrogens (tertiary/aromatic N) is 2. The van der Waals surface area contributed by atoms with Crippen LogP contribution in [0.4, 0.5) is 11.4 Å². The number of hydrogen-bond donors (Lipinski definition) is 2. The number of likely N-dealkylation sites (N-methyl/N-ethyl adjacent to an activating group) is 1. The lowest BCUT2D eigenvalue weighted by molar-refractivity contribution is -0.127. The zero-order chi connectivity index (χ0) is 18.2. The lowest BCUT2D eigenvalue weighted by Gasteiger charge is -2.34. The lowest BCUT2D eigenvalue weighted by Crippen LogP contribution is -2.44. The quantitative estimate of drug-likeness (QED) is 0.792. The fourth-order valence-electron chi connectivity index (χ4n) is 3.00. The van der Waals surface area contributed by atoms with Gasteiger partial charge in [-0.3, -0.25) is 9.59 Å². The first-order chi connectivity index (χ1) is 12.0. The van der Waals surface area contributed by atoms with Gasteiger partial charge in [0.2, 0.25) is 11.8 Å². The summed E-state index contributed by atoms with van der Waals surface area (Å²) in [7, 11) is 2.14. The number of rotatable bonds is 7. The maximum Gasteiger partial charge on any atom is 0.243 e. The van der Waals surface area contributed by atoms with Gasteiger partial charge < -0.3 is 20.4 Å². The van der Waals surface area contributed by atoms with Gasteiger partial charge in [-0.15, -0.1) is 0 Å². The summed E-state index contributed by atoms with van der Waals surface area (Å²) in [6.07, 6.45) is 1.58. The predicted molar refractivity (Wildman–Crippen MR) is 102 cm³/mol. The van der Waals surface area contributed by atoms with Gasteiger partial charge in [-0.25, -0.2) is 0 Å². The maximum absolute atomic E-state index is 12.0. The van der Waals surface area contributed by atoms with E-state index in [9.17, 15) is 9.59 Å². The third-order valence-corrected chi connectivity index (χ3v) is 4.80. The summed E-state index contributed by atoms with van der Waals surface area (Å²) >= 11 is 0. The third-order valence-electron chi connectivity index (χ3n) is 4.80. The van der Waals surface area contributed by atoms with Crippen LogP contribution < -0.4 is 15.5 Å². The Morgan fingerprint density at radius 2 is 1.64 bits per heavy atom. The zero-order valence-electron chi connectivity index (χ0n) is 15.5. The number of carbonyl (C=O) groups is 2. The molecule has 0 atom stereocenters. The molecule has 0 radical (unpaired) electrons. The maximum atomic E-state index is 12.0. The Morgan fingerprint density at radius 1 is 1.04 bits per heavy atom. The minimum absolute atomic E-state index is 0.00947. The first-order valence-electron chi connectivity index (χ1n) is 9.14. The standard InChI is InChI=1S/C19H30N4O2/c1-4-15(5-2)19(25)20-14-18(24)21-16-6-8-17(9-7-16)23-12-10-22(3)11-13-23/h6-9,15H,4-5,10-14H2,1-3H3,(H,20,25)(H,21,24). The molecule has 2 N–H and O–H groups in total. The molecule has 2 rings (SSSR count). The van der Waals surface area contributed by atoms with Gasteiger partial charge in [-0.2, -0.15) is 0 Å². The number of benzene rings is 1. The molecule has 6 heteroatoms. The van der Waals surface area contributed by atoms with E-state index in [1.54, 1.807) is 0 Å². The van der Waals surface area contributed by atoms with Gasteiger partial charge >= 0.3 is 0 Å². The highest BCUT2D eigenvalue weighted by Crippen LogP contribution is 2.19. The van der Waals surface area contributed by atoms with Crippen LogP contribution in [0.15, 0.2) is 24.3 Å². The number of carbonyl (C=O) groups excluding carboxylic acids is 2. The van der Waals surface area contributed by atoms with Gasteiger partial charge in [-0.05, 0) is 44.2 Å². The Morgan fingerprint density at radius 3 is 2.20 bits per heavy atom. The van der Waals surface area contributed by atoms with Crippen LogP contribution in [0, 0.1) is 5.92 Å². The highest BCUT2D eigenvalue weighted by Gasteiger charge is 2.16. The molecule has 1 aliphatic rings. The van der Waals surface area contributed by atoms with Crippen LogP contribution in [-0.4, -0.2) is 56.5 Å². The minimum Gasteiger partial charge on any atom is -0.369 e. The molecular formula is C19H30N4O2. The molecule has 1 aromatic rings. The Hall–Kier alpha value is -2.08. The van der Waals surface area contributed by atoms with Gasteiger partial charge in [-0.1, -0.05) is 13.8 Å². The Kier molecular flexibility index (Phi) is 7.25. The number of hydrogen-bond acceptors (Lipinski definition) is 4. The summed E-state index contributed by atoms with van der Waals surface area (Å²) in [6.45, 7) is 8.14. The van der Waals surface area contributed by atoms with E-state index in [-0.39, 0.29) is 24.3 Å². The summed E-state index contributed by atoms with van der Waals surface area (Å²) in [6, 6.07) is 7.88. The molecule has 2 amide bonds. The molecule has 1 saturated heterocycles. The molecule has 0 aromatic heterocycles. The van der Waals surface area contributed by atoms with Crippen molar-refractivity contribution in [3.63, 3.8) is 0 Å². The van der Waals surface area contributed by atoms with Crippen molar-refractivity contribution in [2.24, 2.45) is 5.92 Å². The largest absolute Gasteiger partial charge is 0.369 e. The van der Waals surface area contributed by atoms with E-state index >= 15 is 0 Å². The molecule has 25 heavy (non-hydrogen) atoms. The molecule has 1 aliphatic heterocycles. The van der Waals surface area contributed by atoms with Crippen molar-refractivity contribution < 1.29 is 9.59 Å². The van der Waals surface area contributed by atoms with Crippen molar-refractivity contribution >= 4 is 23.2 Å². The molecule has 0 saturated carbocycles. The Bertz CT molecular complexity index is 561. The van der Waals surface area contributed by atoms with E-state index in [4.69, 9.17) is 0 Å². The van der Waals surface area contributed by atoms with E-state index in [2.05, 4.69) is 27.5 Å². The van der Waals surface area contributed by atoms with Crippen molar-refractivity contribution in [1.29, 1.82) is 0 Å². The summed E-state index contributed by atoms with van der Waals surface area (Å²) in [4.78, 5) is 28.6. The van der Waals surface area contributed by atoms with Crippen molar-refractivity contribution in [2.45, 2.75) is 26.7 Å². The molecule has 138 valence electrons. The first kappa shape index (κ1) is 19.2. The van der Waals surface area contributed by atoms with Crippen LogP contribution in [0.3, 0.4) is 0 Å². The highest BCUT2D eigenvalue weighted by molar-refractivity contribution is 5.94. The van der Waals surface area contributed by atoms with Crippen LogP contribution in [0.5, 0.6) is 0 Å². The van der Waals surface area contributed by atoms with Crippen molar-refractivity contribution in [3.05, 3.63) is 24.3 Å². The van der Waals surface area contributed by atoms with Gasteiger partial charge in [0.05, 0.1) is 6.54 Å². The number of anilines is 2. The fourth-order valence-corrected chi connectivity index (χ4v) is 3.00. The monoisotopic (exact) mass is 346 g/mol. The SMILES string of the molecule is CCC(CC)C(=O)NCC(=O)Nc1ccc(N2CCN(C)CC2)cc1. The normalized spacial score (nSPS) is 15.3. The average Bonchev–Trinajstić information content (AvgIpc) is 2.62. The van der Waals surface area contributed by atoms with Gasteiger partial charge in [0.1, 0.15) is 0 Å². The fraction of sp³-hybridized carbons (Fsp3) is 0.579. The van der Waals surface area contributed by atoms with E-state index in [0.29, 0.717) is 0 Å². The molecule has 0 bridgehead atoms. The summed E-state index contributed by atoms with van der Waals surface area (Å²) < 4.78 is 0. The van der Waals surface area contributed by atoms with Crippen LogP contribution in [0.2, 0.25) is 0 Å². The summed E-state index contributed by atoms with van der Waals surface area (Å²) in [5.41, 5.74) is 1.92. The smallest absolute Gasteiger partial charge is 0.243 e. The zero-order valence-corrected chi connectivity index (χ0v) is 15.5. The van der Waals surface area contributed by atoms with Gasteiger partial charge in [0.15, 0.2) is 0 Å². The van der Waals surface area contributed by atoms with E-state index < -0.39 is 0 Å². The number of nitrogens with one attached hydrogen (secondary N) is 2. The number of amides is 2. The van der Waals surface area contributed by atoms with Crippen LogP contribution in [0.1, 0.15) is 26.7 Å². The van der Waals surface area contributed by atoms with Crippen LogP contribution >= 0.6 is 0 Å². The van der Waals surface area contributed by atoms with E-state index in [1.807, 2.05) is 38.1 Å². The third kappa shape index (κ3) is 5.74. The second-order valence-corrected chi connectivity index (χ2v) is 6.62. The summed E-state index contributed by atoms with van der Waals surface area (Å²) in [5.74, 6) is -0.270. The minimum atomic E-state index is -0.202. The van der Waals surface area contributed by atoms with Crippen molar-refractivity contribution in [1.82, 2.24) is 10.2 Å². The second kappa shape index (κ2) is 9.42.